The third-order valence-electron chi connectivity index (χ3n) is 2.29. The van der Waals surface area contributed by atoms with E-state index in [9.17, 15) is 0 Å². The summed E-state index contributed by atoms with van der Waals surface area (Å²) in [4.78, 5) is 8.66. The Morgan fingerprint density at radius 1 is 1.43 bits per heavy atom. The molecule has 0 saturated heterocycles. The molecule has 0 atom stereocenters. The van der Waals surface area contributed by atoms with E-state index in [1.165, 1.54) is 0 Å². The lowest BCUT2D eigenvalue weighted by Crippen LogP contribution is -2.00. The van der Waals surface area contributed by atoms with Crippen LogP contribution in [0, 0.1) is 12.8 Å². The van der Waals surface area contributed by atoms with Gasteiger partial charge in [0.2, 0.25) is 0 Å². The highest BCUT2D eigenvalue weighted by molar-refractivity contribution is 5.50. The fourth-order valence-corrected chi connectivity index (χ4v) is 1.67. The first-order chi connectivity index (χ1) is 6.68. The zero-order valence-corrected chi connectivity index (χ0v) is 8.86. The van der Waals surface area contributed by atoms with Gasteiger partial charge in [0.25, 0.3) is 0 Å². The zero-order valence-electron chi connectivity index (χ0n) is 8.86. The van der Waals surface area contributed by atoms with Crippen LogP contribution in [-0.4, -0.2) is 14.4 Å². The van der Waals surface area contributed by atoms with Crippen LogP contribution in [0.25, 0.3) is 5.52 Å². The largest absolute Gasteiger partial charge is 0.300 e. The second-order valence-corrected chi connectivity index (χ2v) is 4.04. The van der Waals surface area contributed by atoms with Gasteiger partial charge < -0.3 is 4.40 Å². The summed E-state index contributed by atoms with van der Waals surface area (Å²) in [7, 11) is 0. The second kappa shape index (κ2) is 3.40. The van der Waals surface area contributed by atoms with Gasteiger partial charge in [-0.05, 0) is 12.8 Å². The van der Waals surface area contributed by atoms with E-state index in [0.29, 0.717) is 5.92 Å². The second-order valence-electron chi connectivity index (χ2n) is 4.04. The van der Waals surface area contributed by atoms with Crippen LogP contribution in [0.2, 0.25) is 0 Å². The summed E-state index contributed by atoms with van der Waals surface area (Å²) in [5.41, 5.74) is 2.18. The zero-order chi connectivity index (χ0) is 10.1. The lowest BCUT2D eigenvalue weighted by molar-refractivity contribution is 0.618. The lowest BCUT2D eigenvalue weighted by atomic mass is 10.1. The van der Waals surface area contributed by atoms with Gasteiger partial charge in [-0.2, -0.15) is 0 Å². The normalized spacial score (nSPS) is 11.4. The summed E-state index contributed by atoms with van der Waals surface area (Å²) >= 11 is 0. The van der Waals surface area contributed by atoms with Crippen molar-refractivity contribution in [2.24, 2.45) is 5.92 Å². The molecular weight excluding hydrogens is 174 g/mol. The summed E-state index contributed by atoms with van der Waals surface area (Å²) < 4.78 is 2.13. The molecule has 3 nitrogen and oxygen atoms in total. The van der Waals surface area contributed by atoms with Crippen LogP contribution in [0.5, 0.6) is 0 Å². The lowest BCUT2D eigenvalue weighted by Gasteiger charge is -2.02. The molecule has 0 amide bonds. The van der Waals surface area contributed by atoms with Gasteiger partial charge in [-0.1, -0.05) is 13.8 Å². The van der Waals surface area contributed by atoms with Crippen molar-refractivity contribution < 1.29 is 0 Å². The minimum Gasteiger partial charge on any atom is -0.300 e. The molecule has 0 bridgehead atoms. The van der Waals surface area contributed by atoms with E-state index in [4.69, 9.17) is 0 Å². The van der Waals surface area contributed by atoms with Crippen LogP contribution in [-0.2, 0) is 6.42 Å². The standard InChI is InChI=1S/C11H15N3/c1-8(2)6-11-13-9(3)10-7-12-4-5-14(10)11/h4-5,7-8H,6H2,1-3H3. The first-order valence-corrected chi connectivity index (χ1v) is 4.96. The van der Waals surface area contributed by atoms with Crippen molar-refractivity contribution in [3.05, 3.63) is 30.1 Å². The fraction of sp³-hybridized carbons (Fsp3) is 0.455. The molecule has 2 heterocycles. The highest BCUT2D eigenvalue weighted by Gasteiger charge is 2.08. The molecule has 0 N–H and O–H groups in total. The third-order valence-corrected chi connectivity index (χ3v) is 2.29. The van der Waals surface area contributed by atoms with Gasteiger partial charge in [-0.15, -0.1) is 0 Å². The molecule has 0 aliphatic rings. The molecule has 0 spiro atoms. The molecule has 14 heavy (non-hydrogen) atoms. The number of imidazole rings is 1. The average Bonchev–Trinajstić information content (AvgIpc) is 2.44. The van der Waals surface area contributed by atoms with E-state index < -0.39 is 0 Å². The number of hydrogen-bond acceptors (Lipinski definition) is 2. The van der Waals surface area contributed by atoms with Crippen molar-refractivity contribution in [2.75, 3.05) is 0 Å². The minimum atomic E-state index is 0.633. The third kappa shape index (κ3) is 1.50. The van der Waals surface area contributed by atoms with Crippen molar-refractivity contribution >= 4 is 5.52 Å². The average molecular weight is 189 g/mol. The van der Waals surface area contributed by atoms with Crippen molar-refractivity contribution in [3.8, 4) is 0 Å². The predicted molar refractivity (Wildman–Crippen MR) is 56.3 cm³/mol. The molecule has 2 rings (SSSR count). The molecule has 74 valence electrons. The van der Waals surface area contributed by atoms with E-state index >= 15 is 0 Å². The van der Waals surface area contributed by atoms with Gasteiger partial charge in [-0.25, -0.2) is 4.98 Å². The quantitative estimate of drug-likeness (QED) is 0.725. The summed E-state index contributed by atoms with van der Waals surface area (Å²) in [6.45, 7) is 6.44. The Labute approximate surface area is 83.8 Å². The van der Waals surface area contributed by atoms with Gasteiger partial charge in [0.05, 0.1) is 17.4 Å². The Bertz CT molecular complexity index is 443. The molecule has 0 unspecified atom stereocenters. The highest BCUT2D eigenvalue weighted by atomic mass is 15.0. The highest BCUT2D eigenvalue weighted by Crippen LogP contribution is 2.13. The number of hydrogen-bond donors (Lipinski definition) is 0. The molecule has 3 heteroatoms. The van der Waals surface area contributed by atoms with Gasteiger partial charge in [0.15, 0.2) is 0 Å². The topological polar surface area (TPSA) is 30.2 Å². The maximum atomic E-state index is 4.55. The van der Waals surface area contributed by atoms with Crippen LogP contribution >= 0.6 is 0 Å². The SMILES string of the molecule is Cc1nc(CC(C)C)n2ccncc12. The first-order valence-electron chi connectivity index (χ1n) is 4.96. The molecule has 0 fully saturated rings. The minimum absolute atomic E-state index is 0.633. The Morgan fingerprint density at radius 2 is 2.21 bits per heavy atom. The fourth-order valence-electron chi connectivity index (χ4n) is 1.67. The smallest absolute Gasteiger partial charge is 0.113 e. The molecule has 0 saturated carbocycles. The van der Waals surface area contributed by atoms with Crippen LogP contribution in [0.3, 0.4) is 0 Å². The van der Waals surface area contributed by atoms with Crippen LogP contribution in [0.4, 0.5) is 0 Å². The Hall–Kier alpha value is -1.38. The summed E-state index contributed by atoms with van der Waals surface area (Å²) in [6, 6.07) is 0. The Kier molecular flexibility index (Phi) is 2.23. The molecule has 2 aromatic rings. The molecule has 0 radical (unpaired) electrons. The number of rotatable bonds is 2. The molecule has 0 aromatic carbocycles. The van der Waals surface area contributed by atoms with Crippen molar-refractivity contribution in [3.63, 3.8) is 0 Å². The Balaban J connectivity index is 2.55. The van der Waals surface area contributed by atoms with E-state index in [2.05, 4.69) is 28.2 Å². The van der Waals surface area contributed by atoms with E-state index in [-0.39, 0.29) is 0 Å². The first kappa shape index (κ1) is 9.19. The van der Waals surface area contributed by atoms with Crippen molar-refractivity contribution in [1.82, 2.24) is 14.4 Å². The maximum absolute atomic E-state index is 4.55. The van der Waals surface area contributed by atoms with Gasteiger partial charge >= 0.3 is 0 Å². The summed E-state index contributed by atoms with van der Waals surface area (Å²) in [6.07, 6.45) is 6.66. The number of fused-ring (bicyclic) bond motifs is 1. The molecule has 0 aliphatic heterocycles. The van der Waals surface area contributed by atoms with Crippen LogP contribution in [0.1, 0.15) is 25.4 Å². The Morgan fingerprint density at radius 3 is 2.93 bits per heavy atom. The van der Waals surface area contributed by atoms with E-state index in [1.54, 1.807) is 6.20 Å². The van der Waals surface area contributed by atoms with Gasteiger partial charge in [-0.3, -0.25) is 4.98 Å². The van der Waals surface area contributed by atoms with Gasteiger partial charge in [0, 0.05) is 18.8 Å². The molecule has 0 aliphatic carbocycles. The van der Waals surface area contributed by atoms with Crippen molar-refractivity contribution in [2.45, 2.75) is 27.2 Å². The van der Waals surface area contributed by atoms with Crippen molar-refractivity contribution in [1.29, 1.82) is 0 Å². The number of aryl methyl sites for hydroxylation is 1. The van der Waals surface area contributed by atoms with Crippen LogP contribution in [0.15, 0.2) is 18.6 Å². The van der Waals surface area contributed by atoms with Gasteiger partial charge in [0.1, 0.15) is 5.82 Å². The summed E-state index contributed by atoms with van der Waals surface area (Å²) in [5, 5.41) is 0. The van der Waals surface area contributed by atoms with E-state index in [0.717, 1.165) is 23.5 Å². The summed E-state index contributed by atoms with van der Waals surface area (Å²) in [5.74, 6) is 1.77. The molecule has 2 aromatic heterocycles. The molecular formula is C11H15N3. The predicted octanol–water partition coefficient (Wildman–Crippen LogP) is 2.24. The van der Waals surface area contributed by atoms with E-state index in [1.807, 2.05) is 19.3 Å². The monoisotopic (exact) mass is 189 g/mol. The maximum Gasteiger partial charge on any atom is 0.113 e. The van der Waals surface area contributed by atoms with Crippen LogP contribution < -0.4 is 0 Å². The number of nitrogens with zero attached hydrogens (tertiary/aromatic N) is 3. The number of aromatic nitrogens is 3.